The Bertz CT molecular complexity index is 2090. The van der Waals surface area contributed by atoms with Crippen molar-refractivity contribution < 1.29 is 69.5 Å². The molecule has 4 rings (SSSR count). The number of imide groups is 1. The van der Waals surface area contributed by atoms with Crippen LogP contribution in [0.1, 0.15) is 59.5 Å². The zero-order valence-corrected chi connectivity index (χ0v) is 35.2. The fraction of sp³-hybridized carbons (Fsp3) is 0.111. The Morgan fingerprint density at radius 2 is 1.17 bits per heavy atom. The number of isocyanates is 2. The molecule has 0 aromatic heterocycles. The number of hydrogen-bond donors (Lipinski definition) is 6. The van der Waals surface area contributed by atoms with Crippen molar-refractivity contribution in [2.45, 2.75) is 20.8 Å². The summed E-state index contributed by atoms with van der Waals surface area (Å²) in [6.07, 6.45) is 2.84. The molecule has 4 aromatic rings. The summed E-state index contributed by atoms with van der Waals surface area (Å²) in [5, 5.41) is 9.86. The summed E-state index contributed by atoms with van der Waals surface area (Å²) in [5.74, 6) is -2.36. The van der Waals surface area contributed by atoms with Crippen LogP contribution in [0, 0.1) is 45.0 Å². The monoisotopic (exact) mass is 978 g/mol. The van der Waals surface area contributed by atoms with E-state index in [1.54, 1.807) is 62.4 Å². The molecule has 0 saturated heterocycles. The van der Waals surface area contributed by atoms with Crippen LogP contribution in [-0.4, -0.2) is 54.8 Å². The van der Waals surface area contributed by atoms with Crippen LogP contribution >= 0.6 is 9.90 Å². The molecular weight excluding hydrogens is 941 g/mol. The first-order valence-electron chi connectivity index (χ1n) is 15.0. The van der Waals surface area contributed by atoms with Gasteiger partial charge in [-0.15, -0.1) is 0 Å². The van der Waals surface area contributed by atoms with Crippen molar-refractivity contribution in [2.24, 2.45) is 21.5 Å². The van der Waals surface area contributed by atoms with E-state index < -0.39 is 23.8 Å². The number of aryl methyl sites for hydroxylation is 2. The summed E-state index contributed by atoms with van der Waals surface area (Å²) in [6.45, 7) is 4.96. The molecule has 0 radical (unpaired) electrons. The molecule has 0 saturated carbocycles. The topological polar surface area (TPSA) is 261 Å². The molecule has 4 aromatic carbocycles. The smallest absolute Gasteiger partial charge is 0.326 e. The number of nitrogens with zero attached hydrogens (tertiary/aromatic N) is 2. The Kier molecular flexibility index (Phi) is 21.5. The van der Waals surface area contributed by atoms with Gasteiger partial charge in [-0.25, -0.2) is 14.4 Å². The number of aliphatic imine (C=N–C) groups is 2. The molecule has 0 aliphatic heterocycles. The van der Waals surface area contributed by atoms with E-state index in [0.29, 0.717) is 28.3 Å². The molecule has 0 bridgehead atoms. The zero-order valence-electron chi connectivity index (χ0n) is 29.6. The molecular formula is C36H37N8O8PU. The summed E-state index contributed by atoms with van der Waals surface area (Å²) in [4.78, 5) is 95.3. The number of rotatable bonds is 8. The third-order valence-corrected chi connectivity index (χ3v) is 6.61. The van der Waals surface area contributed by atoms with Crippen LogP contribution < -0.4 is 32.7 Å². The maximum Gasteiger partial charge on any atom is 0.326 e. The van der Waals surface area contributed by atoms with E-state index in [2.05, 4.69) is 31.3 Å². The van der Waals surface area contributed by atoms with Crippen molar-refractivity contribution in [3.8, 4) is 0 Å². The average Bonchev–Trinajstić information content (AvgIpc) is 3.11. The zero-order chi connectivity index (χ0) is 38.8. The standard InChI is InChI=1S/C19H20N4O4.C9H6N2O2.C8H8N2O2.H3P.U/c1-11-7-8-15(21-12(2)24)10-16(11)22-19(27)23-18(26)14-6-4-5-13(9-14)17(25)20-3;1-7-2-3-8(10-5-12)4-9(7)11-6-13;9-7(11)5-2-1-3-6(4-5)8(10)12;;/h4-10H,1-3H3,(H,20,25)(H,21,24)(H2,22,23,26,27);2-4H,1H3;1-4H,(H2,9,11)(H2,10,12);1H3;. The molecule has 1 atom stereocenters. The number of hydrogen-bond acceptors (Lipinski definition) is 10. The largest absolute Gasteiger partial charge is 0.366 e. The van der Waals surface area contributed by atoms with Gasteiger partial charge in [0.15, 0.2) is 0 Å². The summed E-state index contributed by atoms with van der Waals surface area (Å²) in [5.41, 5.74) is 14.5. The third kappa shape index (κ3) is 16.1. The van der Waals surface area contributed by atoms with Crippen LogP contribution in [0.3, 0.4) is 0 Å². The summed E-state index contributed by atoms with van der Waals surface area (Å²) >= 11 is 0. The molecule has 16 nitrogen and oxygen atoms in total. The number of benzene rings is 4. The first-order chi connectivity index (χ1) is 24.7. The molecule has 7 amide bonds. The minimum absolute atomic E-state index is 0. The van der Waals surface area contributed by atoms with Crippen molar-refractivity contribution >= 4 is 80.4 Å². The molecule has 0 spiro atoms. The van der Waals surface area contributed by atoms with E-state index in [1.807, 2.05) is 0 Å². The summed E-state index contributed by atoms with van der Waals surface area (Å²) < 4.78 is 0. The molecule has 0 aliphatic rings. The van der Waals surface area contributed by atoms with Gasteiger partial charge in [0.25, 0.3) is 11.8 Å². The molecule has 0 aliphatic carbocycles. The second kappa shape index (κ2) is 24.2. The Morgan fingerprint density at radius 3 is 1.69 bits per heavy atom. The number of urea groups is 1. The van der Waals surface area contributed by atoms with Gasteiger partial charge in [-0.3, -0.25) is 29.3 Å². The van der Waals surface area contributed by atoms with Gasteiger partial charge >= 0.3 is 6.03 Å². The number of anilines is 2. The van der Waals surface area contributed by atoms with Crippen molar-refractivity contribution in [1.29, 1.82) is 0 Å². The van der Waals surface area contributed by atoms with E-state index >= 15 is 0 Å². The maximum atomic E-state index is 12.2. The van der Waals surface area contributed by atoms with E-state index in [0.717, 1.165) is 11.1 Å². The molecule has 278 valence electrons. The molecule has 18 heteroatoms. The predicted molar refractivity (Wildman–Crippen MR) is 203 cm³/mol. The van der Waals surface area contributed by atoms with Crippen molar-refractivity contribution in [3.63, 3.8) is 0 Å². The van der Waals surface area contributed by atoms with Gasteiger partial charge in [-0.1, -0.05) is 24.3 Å². The number of carbonyl (C=O) groups excluding carboxylic acids is 8. The van der Waals surface area contributed by atoms with Crippen molar-refractivity contribution in [2.75, 3.05) is 17.7 Å². The molecule has 8 N–H and O–H groups in total. The normalized spacial score (nSPS) is 9.04. The number of nitrogens with two attached hydrogens (primary N) is 2. The first-order valence-corrected chi connectivity index (χ1v) is 15.0. The second-order valence-electron chi connectivity index (χ2n) is 10.5. The average molecular weight is 979 g/mol. The van der Waals surface area contributed by atoms with Crippen molar-refractivity contribution in [1.82, 2.24) is 10.6 Å². The van der Waals surface area contributed by atoms with Gasteiger partial charge in [0.1, 0.15) is 0 Å². The van der Waals surface area contributed by atoms with E-state index in [4.69, 9.17) is 11.5 Å². The van der Waals surface area contributed by atoms with Gasteiger partial charge in [-0.05, 0) is 85.6 Å². The van der Waals surface area contributed by atoms with E-state index in [-0.39, 0.29) is 69.5 Å². The predicted octanol–water partition coefficient (Wildman–Crippen LogP) is 4.15. The SMILES string of the molecule is CNC(=O)c1cccc(C(=O)NC(=O)Nc2cc(NC(C)=O)ccc2C)c1.Cc1ccc(N=C=O)cc1N=C=O.NC(=O)c1cccc(C(N)=O)c1.P.[U]. The molecule has 54 heavy (non-hydrogen) atoms. The third-order valence-electron chi connectivity index (χ3n) is 6.61. The van der Waals surface area contributed by atoms with Crippen LogP contribution in [-0.2, 0) is 14.4 Å². The van der Waals surface area contributed by atoms with Gasteiger partial charge in [0.05, 0.1) is 11.4 Å². The number of carbonyl (C=O) groups is 6. The number of primary amides is 2. The fourth-order valence-corrected chi connectivity index (χ4v) is 4.03. The van der Waals surface area contributed by atoms with Gasteiger partial charge in [0.2, 0.25) is 29.9 Å². The Morgan fingerprint density at radius 1 is 0.648 bits per heavy atom. The van der Waals surface area contributed by atoms with E-state index in [9.17, 15) is 38.4 Å². The first kappa shape index (κ1) is 47.9. The maximum absolute atomic E-state index is 12.2. The van der Waals surface area contributed by atoms with Crippen molar-refractivity contribution in [3.05, 3.63) is 118 Å². The minimum Gasteiger partial charge on any atom is -0.366 e. The number of nitrogens with one attached hydrogen (secondary N) is 4. The van der Waals surface area contributed by atoms with E-state index in [1.165, 1.54) is 62.5 Å². The van der Waals surface area contributed by atoms with Crippen LogP contribution in [0.5, 0.6) is 0 Å². The van der Waals surface area contributed by atoms with Gasteiger partial charge in [0, 0.05) is 78.7 Å². The second-order valence-corrected chi connectivity index (χ2v) is 10.5. The Hall–Kier alpha value is -6.06. The summed E-state index contributed by atoms with van der Waals surface area (Å²) in [6, 6.07) is 21.1. The van der Waals surface area contributed by atoms with Crippen LogP contribution in [0.4, 0.5) is 27.5 Å². The number of amides is 7. The quantitative estimate of drug-likeness (QED) is 0.0847. The molecule has 0 heterocycles. The Labute approximate surface area is 337 Å². The van der Waals surface area contributed by atoms with Crippen LogP contribution in [0.2, 0.25) is 0 Å². The minimum atomic E-state index is -0.728. The van der Waals surface area contributed by atoms with Gasteiger partial charge < -0.3 is 27.4 Å². The molecule has 1 unspecified atom stereocenters. The van der Waals surface area contributed by atoms with Gasteiger partial charge in [-0.2, -0.15) is 19.9 Å². The van der Waals surface area contributed by atoms with Crippen LogP contribution in [0.25, 0.3) is 0 Å². The fourth-order valence-electron chi connectivity index (χ4n) is 4.03. The Balaban J connectivity index is 0.000000869. The van der Waals surface area contributed by atoms with Crippen LogP contribution in [0.15, 0.2) is 94.9 Å². The summed E-state index contributed by atoms with van der Waals surface area (Å²) in [7, 11) is 1.49. The molecule has 0 fully saturated rings.